The second-order valence-electron chi connectivity index (χ2n) is 8.19. The molecular formula is C26H27Cl2FN2O3. The average Bonchev–Trinajstić information content (AvgIpc) is 2.85. The van der Waals surface area contributed by atoms with Crippen LogP contribution < -0.4 is 9.64 Å². The van der Waals surface area contributed by atoms with E-state index in [-0.39, 0.29) is 37.7 Å². The van der Waals surface area contributed by atoms with Crippen LogP contribution in [0.2, 0.25) is 10.0 Å². The third kappa shape index (κ3) is 5.65. The van der Waals surface area contributed by atoms with E-state index in [4.69, 9.17) is 33.0 Å². The van der Waals surface area contributed by atoms with Crippen molar-refractivity contribution in [2.45, 2.75) is 12.1 Å². The average molecular weight is 505 g/mol. The lowest BCUT2D eigenvalue weighted by molar-refractivity contribution is 0.103. The number of aliphatic hydroxyl groups excluding tert-OH is 2. The summed E-state index contributed by atoms with van der Waals surface area (Å²) in [4.78, 5) is 4.46. The van der Waals surface area contributed by atoms with E-state index in [1.807, 2.05) is 36.4 Å². The minimum Gasteiger partial charge on any atom is -0.491 e. The summed E-state index contributed by atoms with van der Waals surface area (Å²) in [6, 6.07) is 19.3. The van der Waals surface area contributed by atoms with Gasteiger partial charge in [-0.3, -0.25) is 4.90 Å². The van der Waals surface area contributed by atoms with E-state index in [9.17, 15) is 9.50 Å². The zero-order valence-electron chi connectivity index (χ0n) is 18.6. The molecule has 8 heteroatoms. The lowest BCUT2D eigenvalue weighted by atomic mass is 9.98. The summed E-state index contributed by atoms with van der Waals surface area (Å²) in [5, 5.41) is 20.4. The Balaban J connectivity index is 1.64. The number of aliphatic hydroxyl groups is 2. The van der Waals surface area contributed by atoms with Crippen LogP contribution >= 0.6 is 23.2 Å². The molecular weight excluding hydrogens is 478 g/mol. The molecule has 3 aromatic rings. The minimum atomic E-state index is -0.301. The number of rotatable bonds is 8. The van der Waals surface area contributed by atoms with Crippen LogP contribution in [0.15, 0.2) is 66.7 Å². The number of benzene rings is 3. The second-order valence-corrected chi connectivity index (χ2v) is 9.03. The highest BCUT2D eigenvalue weighted by molar-refractivity contribution is 6.33. The van der Waals surface area contributed by atoms with Crippen LogP contribution in [0, 0.1) is 5.82 Å². The summed E-state index contributed by atoms with van der Waals surface area (Å²) in [5.74, 6) is 0.298. The number of halogens is 3. The quantitative estimate of drug-likeness (QED) is 0.446. The van der Waals surface area contributed by atoms with Gasteiger partial charge in [-0.05, 0) is 47.5 Å². The minimum absolute atomic E-state index is 0.0535. The Hall–Kier alpha value is -2.35. The highest BCUT2D eigenvalue weighted by Crippen LogP contribution is 2.39. The van der Waals surface area contributed by atoms with Crippen molar-refractivity contribution in [2.75, 3.05) is 44.4 Å². The Kier molecular flexibility index (Phi) is 8.29. The molecule has 2 atom stereocenters. The lowest BCUT2D eigenvalue weighted by Gasteiger charge is -2.46. The molecule has 0 saturated carbocycles. The smallest absolute Gasteiger partial charge is 0.123 e. The van der Waals surface area contributed by atoms with E-state index in [0.717, 1.165) is 16.8 Å². The van der Waals surface area contributed by atoms with Gasteiger partial charge < -0.3 is 19.8 Å². The van der Waals surface area contributed by atoms with Crippen LogP contribution in [0.25, 0.3) is 0 Å². The third-order valence-corrected chi connectivity index (χ3v) is 6.68. The molecule has 34 heavy (non-hydrogen) atoms. The fraction of sp³-hybridized carbons (Fsp3) is 0.308. The first kappa shape index (κ1) is 24.8. The maximum absolute atomic E-state index is 13.5. The SMILES string of the molecule is OCCOc1ccc(N2CCN([C@H](CO)c3ccc(F)cc3)C[C@H]2c2ccc(Cl)cc2)c(Cl)c1. The Morgan fingerprint density at radius 2 is 1.71 bits per heavy atom. The monoisotopic (exact) mass is 504 g/mol. The van der Waals surface area contributed by atoms with Gasteiger partial charge in [-0.2, -0.15) is 0 Å². The number of piperazine rings is 1. The first-order valence-corrected chi connectivity index (χ1v) is 11.9. The summed E-state index contributed by atoms with van der Waals surface area (Å²) >= 11 is 12.8. The van der Waals surface area contributed by atoms with Gasteiger partial charge in [0.25, 0.3) is 0 Å². The summed E-state index contributed by atoms with van der Waals surface area (Å²) in [7, 11) is 0. The van der Waals surface area contributed by atoms with E-state index >= 15 is 0 Å². The molecule has 1 saturated heterocycles. The van der Waals surface area contributed by atoms with Crippen molar-refractivity contribution in [3.63, 3.8) is 0 Å². The van der Waals surface area contributed by atoms with Crippen LogP contribution in [0.3, 0.4) is 0 Å². The standard InChI is InChI=1S/C26H27Cl2FN2O3/c27-20-5-1-18(2-6-20)25-16-30(26(17-33)19-3-7-21(29)8-4-19)11-12-31(25)24-10-9-22(15-23(24)28)34-14-13-32/h1-10,15,25-26,32-33H,11-14,16-17H2/t25-,26+/m0/s1. The normalized spacial score (nSPS) is 17.6. The maximum Gasteiger partial charge on any atom is 0.123 e. The van der Waals surface area contributed by atoms with Gasteiger partial charge in [0, 0.05) is 30.7 Å². The summed E-state index contributed by atoms with van der Waals surface area (Å²) < 4.78 is 19.0. The van der Waals surface area contributed by atoms with E-state index in [1.54, 1.807) is 18.2 Å². The molecule has 0 amide bonds. The second kappa shape index (κ2) is 11.4. The first-order valence-electron chi connectivity index (χ1n) is 11.2. The molecule has 1 heterocycles. The molecule has 0 unspecified atom stereocenters. The predicted molar refractivity (Wildman–Crippen MR) is 133 cm³/mol. The van der Waals surface area contributed by atoms with E-state index in [1.165, 1.54) is 12.1 Å². The maximum atomic E-state index is 13.5. The van der Waals surface area contributed by atoms with Crippen molar-refractivity contribution in [1.82, 2.24) is 4.90 Å². The molecule has 1 aliphatic rings. The number of anilines is 1. The molecule has 0 spiro atoms. The van der Waals surface area contributed by atoms with Crippen molar-refractivity contribution in [3.8, 4) is 5.75 Å². The molecule has 180 valence electrons. The van der Waals surface area contributed by atoms with Crippen molar-refractivity contribution >= 4 is 28.9 Å². The summed E-state index contributed by atoms with van der Waals surface area (Å²) in [5.41, 5.74) is 2.82. The van der Waals surface area contributed by atoms with Crippen molar-refractivity contribution in [1.29, 1.82) is 0 Å². The Morgan fingerprint density at radius 3 is 2.35 bits per heavy atom. The Labute approximate surface area is 208 Å². The highest BCUT2D eigenvalue weighted by atomic mass is 35.5. The summed E-state index contributed by atoms with van der Waals surface area (Å²) in [6.07, 6.45) is 0. The first-order chi connectivity index (χ1) is 16.5. The van der Waals surface area contributed by atoms with Crippen molar-refractivity contribution in [2.24, 2.45) is 0 Å². The number of nitrogens with zero attached hydrogens (tertiary/aromatic N) is 2. The van der Waals surface area contributed by atoms with Gasteiger partial charge in [0.1, 0.15) is 18.2 Å². The molecule has 2 N–H and O–H groups in total. The molecule has 4 rings (SSSR count). The van der Waals surface area contributed by atoms with Gasteiger partial charge >= 0.3 is 0 Å². The lowest BCUT2D eigenvalue weighted by Crippen LogP contribution is -2.50. The molecule has 0 aliphatic carbocycles. The Morgan fingerprint density at radius 1 is 0.971 bits per heavy atom. The number of hydrogen-bond acceptors (Lipinski definition) is 5. The van der Waals surface area contributed by atoms with E-state index < -0.39 is 0 Å². The zero-order valence-corrected chi connectivity index (χ0v) is 20.1. The molecule has 5 nitrogen and oxygen atoms in total. The zero-order chi connectivity index (χ0) is 24.1. The van der Waals surface area contributed by atoms with Crippen molar-refractivity contribution in [3.05, 3.63) is 93.7 Å². The van der Waals surface area contributed by atoms with Crippen molar-refractivity contribution < 1.29 is 19.3 Å². The van der Waals surface area contributed by atoms with Gasteiger partial charge in [-0.25, -0.2) is 4.39 Å². The molecule has 0 bridgehead atoms. The van der Waals surface area contributed by atoms with Crippen LogP contribution in [-0.4, -0.2) is 54.6 Å². The fourth-order valence-corrected chi connectivity index (χ4v) is 4.84. The van der Waals surface area contributed by atoms with Gasteiger partial charge in [0.05, 0.1) is 36.0 Å². The number of ether oxygens (including phenoxy) is 1. The largest absolute Gasteiger partial charge is 0.491 e. The fourth-order valence-electron chi connectivity index (χ4n) is 4.44. The van der Waals surface area contributed by atoms with Gasteiger partial charge in [0.2, 0.25) is 0 Å². The van der Waals surface area contributed by atoms with Crippen LogP contribution in [0.5, 0.6) is 5.75 Å². The van der Waals surface area contributed by atoms with Crippen LogP contribution in [0.4, 0.5) is 10.1 Å². The molecule has 3 aromatic carbocycles. The van der Waals surface area contributed by atoms with Crippen LogP contribution in [-0.2, 0) is 0 Å². The third-order valence-electron chi connectivity index (χ3n) is 6.12. The van der Waals surface area contributed by atoms with Crippen LogP contribution in [0.1, 0.15) is 23.2 Å². The molecule has 1 fully saturated rings. The molecule has 0 radical (unpaired) electrons. The van der Waals surface area contributed by atoms with Gasteiger partial charge in [-0.15, -0.1) is 0 Å². The summed E-state index contributed by atoms with van der Waals surface area (Å²) in [6.45, 7) is 2.04. The Bertz CT molecular complexity index is 1080. The van der Waals surface area contributed by atoms with Gasteiger partial charge in [-0.1, -0.05) is 47.5 Å². The number of hydrogen-bond donors (Lipinski definition) is 2. The molecule has 1 aliphatic heterocycles. The topological polar surface area (TPSA) is 56.2 Å². The highest BCUT2D eigenvalue weighted by Gasteiger charge is 2.33. The predicted octanol–water partition coefficient (Wildman–Crippen LogP) is 5.10. The van der Waals surface area contributed by atoms with E-state index in [2.05, 4.69) is 9.80 Å². The van der Waals surface area contributed by atoms with Gasteiger partial charge in [0.15, 0.2) is 0 Å². The molecule has 0 aromatic heterocycles. The van der Waals surface area contributed by atoms with E-state index in [0.29, 0.717) is 35.4 Å².